The third kappa shape index (κ3) is 2.27. The van der Waals surface area contributed by atoms with Crippen LogP contribution in [0, 0.1) is 0 Å². The topological polar surface area (TPSA) is 18.5 Å². The second-order valence-electron chi connectivity index (χ2n) is 4.50. The lowest BCUT2D eigenvalue weighted by molar-refractivity contribution is -0.932. The van der Waals surface area contributed by atoms with E-state index in [0.717, 1.165) is 44.4 Å². The van der Waals surface area contributed by atoms with E-state index in [1.54, 1.807) is 5.54 Å². The molecule has 4 nitrogen and oxygen atoms in total. The van der Waals surface area contributed by atoms with Crippen LogP contribution < -0.4 is 5.32 Å². The third-order valence-electron chi connectivity index (χ3n) is 2.79. The predicted molar refractivity (Wildman–Crippen MR) is 57.2 cm³/mol. The van der Waals surface area contributed by atoms with E-state index in [9.17, 15) is 0 Å². The summed E-state index contributed by atoms with van der Waals surface area (Å²) in [5.74, 6) is 0. The molecule has 14 heavy (non-hydrogen) atoms. The molecule has 2 atom stereocenters. The third-order valence-corrected chi connectivity index (χ3v) is 2.97. The highest BCUT2D eigenvalue weighted by molar-refractivity contribution is 6.25. The van der Waals surface area contributed by atoms with Gasteiger partial charge in [-0.25, -0.2) is 9.80 Å². The summed E-state index contributed by atoms with van der Waals surface area (Å²) in [5.41, 5.74) is 1.62. The molecule has 80 valence electrons. The molecular formula is C9H18ClN4+. The van der Waals surface area contributed by atoms with Gasteiger partial charge in [0.05, 0.1) is 27.1 Å². The number of likely N-dealkylation sites (N-methyl/N-ethyl adjacent to an activating group) is 1. The summed E-state index contributed by atoms with van der Waals surface area (Å²) in [6.07, 6.45) is 2.04. The van der Waals surface area contributed by atoms with Crippen LogP contribution in [0.25, 0.3) is 0 Å². The second-order valence-corrected chi connectivity index (χ2v) is 4.75. The van der Waals surface area contributed by atoms with E-state index in [1.165, 1.54) is 0 Å². The molecule has 0 spiro atoms. The molecule has 0 saturated carbocycles. The summed E-state index contributed by atoms with van der Waals surface area (Å²) < 4.78 is 1.03. The quantitative estimate of drug-likeness (QED) is 0.667. The van der Waals surface area contributed by atoms with Crippen molar-refractivity contribution in [1.29, 1.82) is 0 Å². The molecule has 0 aromatic heterocycles. The first-order valence-electron chi connectivity index (χ1n) is 4.96. The summed E-state index contributed by atoms with van der Waals surface area (Å²) in [4.78, 5) is 4.85. The molecule has 2 rings (SSSR count). The highest BCUT2D eigenvalue weighted by Gasteiger charge is 2.35. The fraction of sp³-hybridized carbons (Fsp3) is 0.778. The van der Waals surface area contributed by atoms with Crippen molar-refractivity contribution in [2.45, 2.75) is 0 Å². The molecule has 2 saturated heterocycles. The van der Waals surface area contributed by atoms with Crippen LogP contribution in [0.3, 0.4) is 0 Å². The first-order valence-corrected chi connectivity index (χ1v) is 5.40. The van der Waals surface area contributed by atoms with Crippen molar-refractivity contribution in [3.05, 3.63) is 11.6 Å². The molecule has 0 aliphatic carbocycles. The van der Waals surface area contributed by atoms with Gasteiger partial charge in [-0.05, 0) is 6.08 Å². The van der Waals surface area contributed by atoms with Gasteiger partial charge in [0.2, 0.25) is 0 Å². The molecule has 2 heterocycles. The lowest BCUT2D eigenvalue weighted by Gasteiger charge is -2.49. The maximum Gasteiger partial charge on any atom is 0.138 e. The van der Waals surface area contributed by atoms with Crippen molar-refractivity contribution in [1.82, 2.24) is 15.1 Å². The van der Waals surface area contributed by atoms with Gasteiger partial charge in [0.1, 0.15) is 19.9 Å². The van der Waals surface area contributed by atoms with Gasteiger partial charge in [-0.3, -0.25) is 9.80 Å². The maximum atomic E-state index is 5.57. The average Bonchev–Trinajstić information content (AvgIpc) is 2.14. The molecule has 0 aromatic rings. The summed E-state index contributed by atoms with van der Waals surface area (Å²) in [6, 6.07) is 0. The Kier molecular flexibility index (Phi) is 3.09. The van der Waals surface area contributed by atoms with Crippen molar-refractivity contribution in [2.24, 2.45) is 0 Å². The minimum atomic E-state index is 1.01. The van der Waals surface area contributed by atoms with Gasteiger partial charge < -0.3 is 0 Å². The van der Waals surface area contributed by atoms with Crippen molar-refractivity contribution < 1.29 is 4.48 Å². The van der Waals surface area contributed by atoms with Gasteiger partial charge >= 0.3 is 0 Å². The van der Waals surface area contributed by atoms with Crippen LogP contribution in [0.4, 0.5) is 0 Å². The van der Waals surface area contributed by atoms with Crippen molar-refractivity contribution in [3.8, 4) is 0 Å². The zero-order chi connectivity index (χ0) is 10.0. The summed E-state index contributed by atoms with van der Waals surface area (Å²) in [6.45, 7) is 6.33. The van der Waals surface area contributed by atoms with Crippen LogP contribution in [-0.2, 0) is 0 Å². The molecule has 0 aromatic carbocycles. The van der Waals surface area contributed by atoms with Gasteiger partial charge in [-0.1, -0.05) is 11.6 Å². The average molecular weight is 218 g/mol. The van der Waals surface area contributed by atoms with E-state index in [0.29, 0.717) is 0 Å². The molecule has 5 heteroatoms. The first-order chi connectivity index (χ1) is 6.72. The molecular weight excluding hydrogens is 200 g/mol. The maximum absolute atomic E-state index is 5.57. The standard InChI is InChI=1S/C9H18ClN4/c1-14(4-2-3-10)8-12-5-11-6-13(7-12)9-14/h2-3,11H,4-9H2,1H3/q+1. The lowest BCUT2D eigenvalue weighted by Crippen LogP contribution is -2.69. The number of nitrogens with one attached hydrogen (secondary N) is 1. The number of nitrogens with zero attached hydrogens (tertiary/aromatic N) is 3. The number of halogens is 1. The summed E-state index contributed by atoms with van der Waals surface area (Å²) >= 11 is 5.57. The molecule has 2 fully saturated rings. The van der Waals surface area contributed by atoms with Crippen LogP contribution in [0.15, 0.2) is 11.6 Å². The van der Waals surface area contributed by atoms with E-state index in [-0.39, 0.29) is 0 Å². The molecule has 1 N–H and O–H groups in total. The number of quaternary nitrogens is 1. The fourth-order valence-electron chi connectivity index (χ4n) is 2.36. The summed E-state index contributed by atoms with van der Waals surface area (Å²) in [7, 11) is 2.28. The minimum absolute atomic E-state index is 1.01. The van der Waals surface area contributed by atoms with Crippen LogP contribution in [-0.4, -0.2) is 61.2 Å². The monoisotopic (exact) mass is 217 g/mol. The molecule has 2 aliphatic heterocycles. The first kappa shape index (κ1) is 10.4. The Hall–Kier alpha value is -0.130. The SMILES string of the molecule is C[N+]1(CC=CCl)CN2CNCN(C2)C1. The predicted octanol–water partition coefficient (Wildman–Crippen LogP) is 0.194. The Bertz CT molecular complexity index is 219. The van der Waals surface area contributed by atoms with Crippen LogP contribution >= 0.6 is 11.6 Å². The second kappa shape index (κ2) is 4.16. The zero-order valence-electron chi connectivity index (χ0n) is 8.62. The van der Waals surface area contributed by atoms with E-state index >= 15 is 0 Å². The number of rotatable bonds is 2. The minimum Gasteiger partial charge on any atom is -0.298 e. The molecule has 0 amide bonds. The normalized spacial score (nSPS) is 43.0. The van der Waals surface area contributed by atoms with Crippen molar-refractivity contribution in [2.75, 3.05) is 46.9 Å². The summed E-state index contributed by atoms with van der Waals surface area (Å²) in [5, 5.41) is 3.38. The fourth-order valence-corrected chi connectivity index (χ4v) is 2.44. The Balaban J connectivity index is 1.99. The highest BCUT2D eigenvalue weighted by Crippen LogP contribution is 2.15. The van der Waals surface area contributed by atoms with Gasteiger partial charge in [-0.2, -0.15) is 0 Å². The zero-order valence-corrected chi connectivity index (χ0v) is 9.37. The van der Waals surface area contributed by atoms with Crippen molar-refractivity contribution in [3.63, 3.8) is 0 Å². The van der Waals surface area contributed by atoms with Crippen LogP contribution in [0.1, 0.15) is 0 Å². The molecule has 2 unspecified atom stereocenters. The van der Waals surface area contributed by atoms with E-state index in [1.807, 2.05) is 6.08 Å². The molecule has 0 radical (unpaired) electrons. The van der Waals surface area contributed by atoms with Crippen LogP contribution in [0.2, 0.25) is 0 Å². The lowest BCUT2D eigenvalue weighted by atomic mass is 10.4. The smallest absolute Gasteiger partial charge is 0.138 e. The number of fused-ring (bicyclic) bond motifs is 2. The molecule has 2 bridgehead atoms. The Morgan fingerprint density at radius 1 is 1.36 bits per heavy atom. The van der Waals surface area contributed by atoms with E-state index in [4.69, 9.17) is 11.6 Å². The highest BCUT2D eigenvalue weighted by atomic mass is 35.5. The Labute approximate surface area is 90.3 Å². The number of hydrogen-bond acceptors (Lipinski definition) is 3. The van der Waals surface area contributed by atoms with Gasteiger partial charge in [0, 0.05) is 5.54 Å². The largest absolute Gasteiger partial charge is 0.298 e. The van der Waals surface area contributed by atoms with Gasteiger partial charge in [0.15, 0.2) is 0 Å². The van der Waals surface area contributed by atoms with E-state index in [2.05, 4.69) is 22.2 Å². The van der Waals surface area contributed by atoms with E-state index < -0.39 is 0 Å². The van der Waals surface area contributed by atoms with Crippen molar-refractivity contribution >= 4 is 11.6 Å². The molecule has 2 aliphatic rings. The van der Waals surface area contributed by atoms with Gasteiger partial charge in [0.25, 0.3) is 0 Å². The Morgan fingerprint density at radius 2 is 2.00 bits per heavy atom. The van der Waals surface area contributed by atoms with Crippen LogP contribution in [0.5, 0.6) is 0 Å². The Morgan fingerprint density at radius 3 is 2.57 bits per heavy atom. The van der Waals surface area contributed by atoms with Gasteiger partial charge in [-0.15, -0.1) is 0 Å². The number of hydrogen-bond donors (Lipinski definition) is 1.